The Hall–Kier alpha value is -3.50. The molecule has 2 aromatic heterocycles. The molecule has 0 amide bonds. The fourth-order valence-corrected chi connectivity index (χ4v) is 3.10. The lowest BCUT2D eigenvalue weighted by atomic mass is 10.2. The zero-order valence-corrected chi connectivity index (χ0v) is 15.8. The maximum Gasteiger partial charge on any atom is 0.259 e. The molecule has 28 heavy (non-hydrogen) atoms. The average Bonchev–Trinajstić information content (AvgIpc) is 3.15. The second-order valence-electron chi connectivity index (χ2n) is 5.95. The van der Waals surface area contributed by atoms with Crippen LogP contribution in [0, 0.1) is 17.1 Å². The molecule has 1 N–H and O–H groups in total. The third kappa shape index (κ3) is 3.50. The molecule has 0 spiro atoms. The van der Waals surface area contributed by atoms with E-state index < -0.39 is 0 Å². The van der Waals surface area contributed by atoms with E-state index in [1.807, 2.05) is 6.07 Å². The molecule has 0 radical (unpaired) electrons. The molecule has 136 valence electrons. The van der Waals surface area contributed by atoms with Crippen LogP contribution in [-0.4, -0.2) is 9.97 Å². The summed E-state index contributed by atoms with van der Waals surface area (Å²) in [5.41, 5.74) is 1.01. The van der Waals surface area contributed by atoms with Gasteiger partial charge in [0.2, 0.25) is 0 Å². The van der Waals surface area contributed by atoms with Crippen LogP contribution >= 0.6 is 15.9 Å². The molecule has 5 nitrogen and oxygen atoms in total. The van der Waals surface area contributed by atoms with Gasteiger partial charge in [-0.15, -0.1) is 0 Å². The number of aromatic nitrogens is 2. The third-order valence-corrected chi connectivity index (χ3v) is 4.58. The number of nitrogens with zero attached hydrogens (tertiary/aromatic N) is 2. The first kappa shape index (κ1) is 17.9. The predicted octanol–water partition coefficient (Wildman–Crippen LogP) is 5.15. The largest absolute Gasteiger partial charge is 0.457 e. The first-order chi connectivity index (χ1) is 13.5. The van der Waals surface area contributed by atoms with E-state index >= 15 is 0 Å². The number of hydrogen-bond donors (Lipinski definition) is 1. The fraction of sp³-hybridized carbons (Fsp3) is 0. The summed E-state index contributed by atoms with van der Waals surface area (Å²) in [5.74, 6) is 0.769. The normalized spacial score (nSPS) is 11.5. The molecule has 0 bridgehead atoms. The van der Waals surface area contributed by atoms with Crippen LogP contribution in [0.1, 0.15) is 11.6 Å². The van der Waals surface area contributed by atoms with E-state index in [-0.39, 0.29) is 22.8 Å². The number of benzene rings is 2. The molecule has 4 aromatic rings. The van der Waals surface area contributed by atoms with Crippen LogP contribution in [0.2, 0.25) is 0 Å². The Morgan fingerprint density at radius 3 is 2.71 bits per heavy atom. The van der Waals surface area contributed by atoms with Crippen molar-refractivity contribution in [2.45, 2.75) is 0 Å². The lowest BCUT2D eigenvalue weighted by molar-refractivity contribution is 0.571. The van der Waals surface area contributed by atoms with Gasteiger partial charge in [-0.3, -0.25) is 4.79 Å². The Morgan fingerprint density at radius 2 is 1.96 bits per heavy atom. The first-order valence-corrected chi connectivity index (χ1v) is 9.00. The number of halogens is 2. The molecule has 0 aliphatic heterocycles. The number of hydrogen-bond acceptors (Lipinski definition) is 4. The molecule has 0 saturated heterocycles. The number of allylic oxidation sites excluding steroid dienone is 1. The van der Waals surface area contributed by atoms with Gasteiger partial charge in [-0.1, -0.05) is 15.9 Å². The quantitative estimate of drug-likeness (QED) is 0.451. The molecule has 2 aromatic carbocycles. The molecule has 0 aliphatic carbocycles. The number of H-pyrrole nitrogens is 1. The van der Waals surface area contributed by atoms with Crippen molar-refractivity contribution >= 4 is 38.5 Å². The van der Waals surface area contributed by atoms with E-state index in [1.165, 1.54) is 18.2 Å². The van der Waals surface area contributed by atoms with Crippen LogP contribution in [0.5, 0.6) is 0 Å². The molecular formula is C21H11BrFN3O2. The van der Waals surface area contributed by atoms with Gasteiger partial charge in [0.25, 0.3) is 5.56 Å². The Bertz CT molecular complexity index is 1310. The van der Waals surface area contributed by atoms with Crippen LogP contribution in [0.3, 0.4) is 0 Å². The standard InChI is InChI=1S/C21H11BrFN3O2/c22-14-3-7-18-17(10-14)21(27)26-20(25-18)13(11-24)9-16-6-8-19(28-16)12-1-4-15(23)5-2-12/h1-10H,(H,25,26,27)/b13-9+. The fourth-order valence-electron chi connectivity index (χ4n) is 2.73. The highest BCUT2D eigenvalue weighted by molar-refractivity contribution is 9.10. The molecule has 0 atom stereocenters. The highest BCUT2D eigenvalue weighted by Crippen LogP contribution is 2.25. The minimum atomic E-state index is -0.339. The number of nitrogens with one attached hydrogen (secondary N) is 1. The molecule has 0 unspecified atom stereocenters. The maximum absolute atomic E-state index is 13.1. The van der Waals surface area contributed by atoms with Crippen molar-refractivity contribution in [2.24, 2.45) is 0 Å². The monoisotopic (exact) mass is 435 g/mol. The van der Waals surface area contributed by atoms with Crippen LogP contribution in [0.15, 0.2) is 68.3 Å². The molecule has 7 heteroatoms. The van der Waals surface area contributed by atoms with Gasteiger partial charge in [0.15, 0.2) is 5.82 Å². The minimum Gasteiger partial charge on any atom is -0.457 e. The SMILES string of the molecule is N#C/C(=C\c1ccc(-c2ccc(F)cc2)o1)c1nc2ccc(Br)cc2c(=O)[nH]1. The zero-order chi connectivity index (χ0) is 19.7. The van der Waals surface area contributed by atoms with E-state index in [0.29, 0.717) is 28.0 Å². The minimum absolute atomic E-state index is 0.155. The van der Waals surface area contributed by atoms with E-state index in [4.69, 9.17) is 4.42 Å². The summed E-state index contributed by atoms with van der Waals surface area (Å²) in [5, 5.41) is 9.95. The third-order valence-electron chi connectivity index (χ3n) is 4.09. The van der Waals surface area contributed by atoms with Gasteiger partial charge in [0.05, 0.1) is 16.5 Å². The van der Waals surface area contributed by atoms with E-state index in [9.17, 15) is 14.4 Å². The number of rotatable bonds is 3. The van der Waals surface area contributed by atoms with Crippen molar-refractivity contribution in [1.29, 1.82) is 5.26 Å². The summed E-state index contributed by atoms with van der Waals surface area (Å²) in [6, 6.07) is 16.5. The van der Waals surface area contributed by atoms with E-state index in [0.717, 1.165) is 4.47 Å². The van der Waals surface area contributed by atoms with Crippen molar-refractivity contribution in [3.8, 4) is 17.4 Å². The Labute approximate surface area is 166 Å². The maximum atomic E-state index is 13.1. The molecule has 0 fully saturated rings. The first-order valence-electron chi connectivity index (χ1n) is 8.21. The van der Waals surface area contributed by atoms with Gasteiger partial charge in [-0.05, 0) is 54.6 Å². The summed E-state index contributed by atoms with van der Waals surface area (Å²) in [7, 11) is 0. The molecule has 0 aliphatic rings. The number of fused-ring (bicyclic) bond motifs is 1. The molecule has 0 saturated carbocycles. The van der Waals surface area contributed by atoms with Crippen molar-refractivity contribution in [2.75, 3.05) is 0 Å². The van der Waals surface area contributed by atoms with E-state index in [2.05, 4.69) is 25.9 Å². The summed E-state index contributed by atoms with van der Waals surface area (Å²) < 4.78 is 19.5. The number of aromatic amines is 1. The summed E-state index contributed by atoms with van der Waals surface area (Å²) >= 11 is 3.32. The second-order valence-corrected chi connectivity index (χ2v) is 6.87. The van der Waals surface area contributed by atoms with Gasteiger partial charge >= 0.3 is 0 Å². The molecular weight excluding hydrogens is 425 g/mol. The van der Waals surface area contributed by atoms with Crippen molar-refractivity contribution in [3.05, 3.63) is 86.8 Å². The van der Waals surface area contributed by atoms with Crippen LogP contribution in [0.4, 0.5) is 4.39 Å². The van der Waals surface area contributed by atoms with Crippen LogP contribution in [0.25, 0.3) is 33.9 Å². The number of furan rings is 1. The van der Waals surface area contributed by atoms with Gasteiger partial charge in [0.1, 0.15) is 23.4 Å². The smallest absolute Gasteiger partial charge is 0.259 e. The van der Waals surface area contributed by atoms with Crippen molar-refractivity contribution < 1.29 is 8.81 Å². The topological polar surface area (TPSA) is 82.7 Å². The Balaban J connectivity index is 1.73. The van der Waals surface area contributed by atoms with Gasteiger partial charge in [-0.2, -0.15) is 5.26 Å². The predicted molar refractivity (Wildman–Crippen MR) is 108 cm³/mol. The van der Waals surface area contributed by atoms with Gasteiger partial charge in [-0.25, -0.2) is 9.37 Å². The van der Waals surface area contributed by atoms with E-state index in [1.54, 1.807) is 42.5 Å². The van der Waals surface area contributed by atoms with Crippen LogP contribution in [-0.2, 0) is 0 Å². The summed E-state index contributed by atoms with van der Waals surface area (Å²) in [6.07, 6.45) is 1.50. The summed E-state index contributed by atoms with van der Waals surface area (Å²) in [4.78, 5) is 19.3. The average molecular weight is 436 g/mol. The molecule has 4 rings (SSSR count). The number of nitriles is 1. The lowest BCUT2D eigenvalue weighted by Gasteiger charge is -2.02. The second kappa shape index (κ2) is 7.25. The van der Waals surface area contributed by atoms with Crippen molar-refractivity contribution in [1.82, 2.24) is 9.97 Å². The highest BCUT2D eigenvalue weighted by Gasteiger charge is 2.11. The van der Waals surface area contributed by atoms with Crippen molar-refractivity contribution in [3.63, 3.8) is 0 Å². The summed E-state index contributed by atoms with van der Waals surface area (Å²) in [6.45, 7) is 0. The molecule has 2 heterocycles. The zero-order valence-electron chi connectivity index (χ0n) is 14.2. The highest BCUT2D eigenvalue weighted by atomic mass is 79.9. The van der Waals surface area contributed by atoms with Gasteiger partial charge in [0, 0.05) is 16.1 Å². The Morgan fingerprint density at radius 1 is 1.18 bits per heavy atom. The Kier molecular flexibility index (Phi) is 4.63. The van der Waals surface area contributed by atoms with Gasteiger partial charge < -0.3 is 9.40 Å². The van der Waals surface area contributed by atoms with Crippen LogP contribution < -0.4 is 5.56 Å². The lowest BCUT2D eigenvalue weighted by Crippen LogP contribution is -2.11.